The van der Waals surface area contributed by atoms with Crippen LogP contribution in [0.3, 0.4) is 0 Å². The van der Waals surface area contributed by atoms with Crippen LogP contribution in [0, 0.1) is 0 Å². The van der Waals surface area contributed by atoms with Crippen molar-refractivity contribution in [3.8, 4) is 11.5 Å². The molecule has 0 saturated heterocycles. The van der Waals surface area contributed by atoms with E-state index < -0.39 is 11.7 Å². The Morgan fingerprint density at radius 1 is 1.26 bits per heavy atom. The molecule has 1 aromatic heterocycles. The Labute approximate surface area is 131 Å². The number of ether oxygens (including phenoxy) is 2. The summed E-state index contributed by atoms with van der Waals surface area (Å²) in [6.45, 7) is 0.237. The third-order valence-corrected chi connectivity index (χ3v) is 3.63. The summed E-state index contributed by atoms with van der Waals surface area (Å²) in [4.78, 5) is 3.82. The molecule has 0 radical (unpaired) electrons. The molecule has 0 amide bonds. The lowest BCUT2D eigenvalue weighted by Gasteiger charge is -2.28. The van der Waals surface area contributed by atoms with Gasteiger partial charge in [0.15, 0.2) is 11.5 Å². The van der Waals surface area contributed by atoms with Crippen LogP contribution < -0.4 is 14.8 Å². The smallest absolute Gasteiger partial charge is 0.419 e. The zero-order valence-electron chi connectivity index (χ0n) is 12.4. The van der Waals surface area contributed by atoms with Crippen LogP contribution in [-0.4, -0.2) is 24.7 Å². The predicted molar refractivity (Wildman–Crippen MR) is 78.8 cm³/mol. The van der Waals surface area contributed by atoms with Crippen LogP contribution in [-0.2, 0) is 12.6 Å². The van der Waals surface area contributed by atoms with E-state index in [1.165, 1.54) is 12.3 Å². The lowest BCUT2D eigenvalue weighted by atomic mass is 10.0. The van der Waals surface area contributed by atoms with E-state index in [0.29, 0.717) is 17.9 Å². The molecule has 1 unspecified atom stereocenters. The number of anilines is 1. The van der Waals surface area contributed by atoms with E-state index in [2.05, 4.69) is 10.3 Å². The number of rotatable bonds is 3. The number of para-hydroxylation sites is 1. The average Bonchev–Trinajstić information content (AvgIpc) is 2.53. The van der Waals surface area contributed by atoms with Crippen LogP contribution in [0.4, 0.5) is 19.0 Å². The van der Waals surface area contributed by atoms with Crippen LogP contribution in [0.25, 0.3) is 0 Å². The Morgan fingerprint density at radius 3 is 2.83 bits per heavy atom. The van der Waals surface area contributed by atoms with Crippen molar-refractivity contribution in [1.29, 1.82) is 0 Å². The number of pyridine rings is 1. The highest BCUT2D eigenvalue weighted by Gasteiger charge is 2.35. The number of fused-ring (bicyclic) bond motifs is 1. The normalized spacial score (nSPS) is 17.1. The monoisotopic (exact) mass is 324 g/mol. The zero-order valence-corrected chi connectivity index (χ0v) is 12.4. The minimum atomic E-state index is -4.45. The first kappa shape index (κ1) is 15.5. The Morgan fingerprint density at radius 2 is 2.09 bits per heavy atom. The molecular weight excluding hydrogens is 309 g/mol. The average molecular weight is 324 g/mol. The van der Waals surface area contributed by atoms with Crippen LogP contribution in [0.2, 0.25) is 0 Å². The molecule has 1 atom stereocenters. The Hall–Kier alpha value is -2.44. The van der Waals surface area contributed by atoms with E-state index in [9.17, 15) is 13.2 Å². The number of nitrogens with zero attached hydrogens (tertiary/aromatic N) is 1. The molecule has 1 aromatic carbocycles. The molecule has 1 aliphatic rings. The first-order chi connectivity index (χ1) is 11.0. The maximum absolute atomic E-state index is 13.0. The van der Waals surface area contributed by atoms with Gasteiger partial charge in [-0.25, -0.2) is 4.98 Å². The molecular formula is C16H15F3N2O2. The molecule has 0 fully saturated rings. The largest absolute Gasteiger partial charge is 0.493 e. The van der Waals surface area contributed by atoms with Gasteiger partial charge in [0, 0.05) is 11.8 Å². The summed E-state index contributed by atoms with van der Waals surface area (Å²) >= 11 is 0. The Bertz CT molecular complexity index is 704. The highest BCUT2D eigenvalue weighted by molar-refractivity contribution is 5.51. The molecule has 7 heteroatoms. The molecule has 1 N–H and O–H groups in total. The topological polar surface area (TPSA) is 43.4 Å². The van der Waals surface area contributed by atoms with Gasteiger partial charge < -0.3 is 14.8 Å². The van der Waals surface area contributed by atoms with Gasteiger partial charge >= 0.3 is 6.18 Å². The molecule has 0 aliphatic carbocycles. The predicted octanol–water partition coefficient (Wildman–Crippen LogP) is 3.52. The van der Waals surface area contributed by atoms with Gasteiger partial charge in [-0.1, -0.05) is 12.1 Å². The van der Waals surface area contributed by atoms with Crippen molar-refractivity contribution < 1.29 is 22.6 Å². The fraction of sp³-hybridized carbons (Fsp3) is 0.312. The van der Waals surface area contributed by atoms with Gasteiger partial charge in [0.25, 0.3) is 0 Å². The standard InChI is InChI=1S/C16H15F3N2O2/c1-22-13-6-2-4-10-8-11(9-23-14(10)13)21-15-12(16(17,18)19)5-3-7-20-15/h2-7,11H,8-9H2,1H3,(H,20,21). The zero-order chi connectivity index (χ0) is 16.4. The van der Waals surface area contributed by atoms with Gasteiger partial charge in [-0.05, 0) is 24.6 Å². The second kappa shape index (κ2) is 5.98. The fourth-order valence-electron chi connectivity index (χ4n) is 2.59. The molecule has 23 heavy (non-hydrogen) atoms. The summed E-state index contributed by atoms with van der Waals surface area (Å²) in [5.41, 5.74) is 0.106. The molecule has 3 rings (SSSR count). The first-order valence-electron chi connectivity index (χ1n) is 7.06. The number of nitrogens with one attached hydrogen (secondary N) is 1. The third kappa shape index (κ3) is 3.18. The highest BCUT2D eigenvalue weighted by Crippen LogP contribution is 2.37. The van der Waals surface area contributed by atoms with Gasteiger partial charge in [-0.2, -0.15) is 13.2 Å². The number of aromatic nitrogens is 1. The molecule has 4 nitrogen and oxygen atoms in total. The van der Waals surface area contributed by atoms with Crippen LogP contribution in [0.15, 0.2) is 36.5 Å². The minimum absolute atomic E-state index is 0.181. The van der Waals surface area contributed by atoms with Gasteiger partial charge in [0.2, 0.25) is 0 Å². The van der Waals surface area contributed by atoms with Crippen molar-refractivity contribution >= 4 is 5.82 Å². The van der Waals surface area contributed by atoms with E-state index in [-0.39, 0.29) is 18.5 Å². The van der Waals surface area contributed by atoms with Crippen molar-refractivity contribution in [2.45, 2.75) is 18.6 Å². The molecule has 122 valence electrons. The quantitative estimate of drug-likeness (QED) is 0.938. The minimum Gasteiger partial charge on any atom is -0.493 e. The highest BCUT2D eigenvalue weighted by atomic mass is 19.4. The number of hydrogen-bond acceptors (Lipinski definition) is 4. The van der Waals surface area contributed by atoms with Crippen molar-refractivity contribution in [3.63, 3.8) is 0 Å². The SMILES string of the molecule is COc1cccc2c1OCC(Nc1ncccc1C(F)(F)F)C2. The summed E-state index contributed by atoms with van der Waals surface area (Å²) in [5, 5.41) is 2.84. The maximum atomic E-state index is 13.0. The fourth-order valence-corrected chi connectivity index (χ4v) is 2.59. The molecule has 1 aliphatic heterocycles. The maximum Gasteiger partial charge on any atom is 0.419 e. The van der Waals surface area contributed by atoms with Gasteiger partial charge in [-0.15, -0.1) is 0 Å². The van der Waals surface area contributed by atoms with Crippen molar-refractivity contribution in [3.05, 3.63) is 47.7 Å². The van der Waals surface area contributed by atoms with E-state index >= 15 is 0 Å². The van der Waals surface area contributed by atoms with Gasteiger partial charge in [-0.3, -0.25) is 0 Å². The lowest BCUT2D eigenvalue weighted by molar-refractivity contribution is -0.137. The molecule has 2 heterocycles. The summed E-state index contributed by atoms with van der Waals surface area (Å²) in [6.07, 6.45) is -2.59. The van der Waals surface area contributed by atoms with Crippen LogP contribution in [0.1, 0.15) is 11.1 Å². The van der Waals surface area contributed by atoms with E-state index in [1.807, 2.05) is 12.1 Å². The molecule has 2 aromatic rings. The van der Waals surface area contributed by atoms with Crippen molar-refractivity contribution in [1.82, 2.24) is 4.98 Å². The van der Waals surface area contributed by atoms with E-state index in [1.54, 1.807) is 13.2 Å². The lowest BCUT2D eigenvalue weighted by Crippen LogP contribution is -2.34. The number of halogens is 3. The third-order valence-electron chi connectivity index (χ3n) is 3.63. The molecule has 0 spiro atoms. The first-order valence-corrected chi connectivity index (χ1v) is 7.06. The van der Waals surface area contributed by atoms with Crippen molar-refractivity contribution in [2.75, 3.05) is 19.0 Å². The Balaban J connectivity index is 1.81. The second-order valence-electron chi connectivity index (χ2n) is 5.20. The van der Waals surface area contributed by atoms with Gasteiger partial charge in [0.05, 0.1) is 18.7 Å². The van der Waals surface area contributed by atoms with Crippen LogP contribution >= 0.6 is 0 Å². The number of methoxy groups -OCH3 is 1. The Kier molecular flexibility index (Phi) is 4.02. The van der Waals surface area contributed by atoms with Crippen LogP contribution in [0.5, 0.6) is 11.5 Å². The summed E-state index contributed by atoms with van der Waals surface area (Å²) in [7, 11) is 1.55. The van der Waals surface area contributed by atoms with Gasteiger partial charge in [0.1, 0.15) is 12.4 Å². The summed E-state index contributed by atoms with van der Waals surface area (Å²) in [6, 6.07) is 7.46. The molecule has 0 saturated carbocycles. The number of alkyl halides is 3. The second-order valence-corrected chi connectivity index (χ2v) is 5.20. The van der Waals surface area contributed by atoms with E-state index in [0.717, 1.165) is 11.6 Å². The molecule has 0 bridgehead atoms. The van der Waals surface area contributed by atoms with E-state index in [4.69, 9.17) is 9.47 Å². The number of benzene rings is 1. The van der Waals surface area contributed by atoms with Crippen molar-refractivity contribution in [2.24, 2.45) is 0 Å². The number of hydrogen-bond donors (Lipinski definition) is 1. The summed E-state index contributed by atoms with van der Waals surface area (Å²) < 4.78 is 49.9. The summed E-state index contributed by atoms with van der Waals surface area (Å²) in [5.74, 6) is 1.08.